The number of imidazole rings is 1. The summed E-state index contributed by atoms with van der Waals surface area (Å²) in [5.41, 5.74) is 11.2. The van der Waals surface area contributed by atoms with Gasteiger partial charge in [-0.3, -0.25) is 5.43 Å². The molecule has 7 nitrogen and oxygen atoms in total. The Bertz CT molecular complexity index is 993. The molecule has 0 radical (unpaired) electrons. The Morgan fingerprint density at radius 3 is 2.70 bits per heavy atom. The summed E-state index contributed by atoms with van der Waals surface area (Å²) < 4.78 is 10.8. The lowest BCUT2D eigenvalue weighted by atomic mass is 10.1. The Morgan fingerprint density at radius 1 is 1.19 bits per heavy atom. The number of hydrazone groups is 1. The number of methoxy groups -OCH3 is 2. The van der Waals surface area contributed by atoms with Gasteiger partial charge in [0.25, 0.3) is 0 Å². The van der Waals surface area contributed by atoms with E-state index >= 15 is 0 Å². The van der Waals surface area contributed by atoms with E-state index in [-0.39, 0.29) is 5.11 Å². The van der Waals surface area contributed by atoms with Crippen LogP contribution >= 0.6 is 12.2 Å². The molecule has 1 aromatic heterocycles. The van der Waals surface area contributed by atoms with Crippen LogP contribution in [0.15, 0.2) is 53.6 Å². The van der Waals surface area contributed by atoms with Crippen LogP contribution < -0.4 is 20.6 Å². The number of fused-ring (bicyclic) bond motifs is 1. The second kappa shape index (κ2) is 8.33. The van der Waals surface area contributed by atoms with Crippen LogP contribution in [-0.2, 0) is 0 Å². The van der Waals surface area contributed by atoms with Crippen molar-refractivity contribution >= 4 is 40.2 Å². The first-order chi connectivity index (χ1) is 13.1. The van der Waals surface area contributed by atoms with Crippen molar-refractivity contribution in [3.8, 4) is 11.5 Å². The predicted octanol–water partition coefficient (Wildman–Crippen LogP) is 2.83. The number of hydrogen-bond donors (Lipinski definition) is 3. The number of ether oxygens (including phenoxy) is 2. The maximum absolute atomic E-state index is 5.51. The molecule has 0 bridgehead atoms. The largest absolute Gasteiger partial charge is 0.493 e. The van der Waals surface area contributed by atoms with Crippen LogP contribution in [0, 0.1) is 0 Å². The highest BCUT2D eigenvalue weighted by atomic mass is 32.1. The van der Waals surface area contributed by atoms with Gasteiger partial charge in [-0.25, -0.2) is 4.98 Å². The van der Waals surface area contributed by atoms with Crippen molar-refractivity contribution in [3.63, 3.8) is 0 Å². The van der Waals surface area contributed by atoms with Gasteiger partial charge in [0.05, 0.1) is 25.3 Å². The molecular formula is C19H19N5O2S. The summed E-state index contributed by atoms with van der Waals surface area (Å²) in [6, 6.07) is 13.3. The van der Waals surface area contributed by atoms with Gasteiger partial charge in [-0.2, -0.15) is 5.10 Å². The summed E-state index contributed by atoms with van der Waals surface area (Å²) in [5.74, 6) is 1.85. The fraction of sp³-hybridized carbons (Fsp3) is 0.105. The third kappa shape index (κ3) is 4.24. The van der Waals surface area contributed by atoms with Crippen LogP contribution in [0.3, 0.4) is 0 Å². The van der Waals surface area contributed by atoms with Crippen LogP contribution in [0.1, 0.15) is 11.4 Å². The quantitative estimate of drug-likeness (QED) is 0.345. The molecule has 0 unspecified atom stereocenters. The zero-order chi connectivity index (χ0) is 19.2. The first-order valence-corrected chi connectivity index (χ1v) is 8.50. The molecule has 0 spiro atoms. The van der Waals surface area contributed by atoms with Crippen molar-refractivity contribution in [1.29, 1.82) is 0 Å². The lowest BCUT2D eigenvalue weighted by molar-refractivity contribution is 0.354. The standard InChI is InChI=1S/C19H19N5O2S/c1-25-16-9-5-6-12(17(16)26-2)10-11-15(23-24-19(20)27)18-21-13-7-3-4-8-14(13)22-18/h3-11H,1-2H3,(H,21,22)(H3,20,24,27)/b11-10+,23-15-. The van der Waals surface area contributed by atoms with Crippen LogP contribution in [0.25, 0.3) is 17.1 Å². The third-order valence-electron chi connectivity index (χ3n) is 3.77. The molecule has 2 aromatic carbocycles. The van der Waals surface area contributed by atoms with E-state index in [1.54, 1.807) is 20.3 Å². The third-order valence-corrected chi connectivity index (χ3v) is 3.86. The number of rotatable bonds is 6. The van der Waals surface area contributed by atoms with E-state index in [9.17, 15) is 0 Å². The summed E-state index contributed by atoms with van der Waals surface area (Å²) >= 11 is 4.85. The van der Waals surface area contributed by atoms with Gasteiger partial charge in [0.2, 0.25) is 0 Å². The van der Waals surface area contributed by atoms with Crippen molar-refractivity contribution in [3.05, 3.63) is 59.9 Å². The molecule has 0 atom stereocenters. The number of para-hydroxylation sites is 3. The van der Waals surface area contributed by atoms with Crippen LogP contribution in [0.4, 0.5) is 0 Å². The number of H-pyrrole nitrogens is 1. The van der Waals surface area contributed by atoms with Gasteiger partial charge in [-0.1, -0.05) is 24.3 Å². The van der Waals surface area contributed by atoms with E-state index < -0.39 is 0 Å². The SMILES string of the molecule is COc1cccc(/C=C/C(=N/NC(N)=S)c2nc3ccccc3[nH]2)c1OC. The van der Waals surface area contributed by atoms with Crippen LogP contribution in [0.5, 0.6) is 11.5 Å². The summed E-state index contributed by atoms with van der Waals surface area (Å²) in [6.45, 7) is 0. The molecule has 8 heteroatoms. The lowest BCUT2D eigenvalue weighted by Crippen LogP contribution is -2.25. The maximum atomic E-state index is 5.51. The summed E-state index contributed by atoms with van der Waals surface area (Å²) in [6.07, 6.45) is 3.65. The maximum Gasteiger partial charge on any atom is 0.184 e. The van der Waals surface area contributed by atoms with E-state index in [0.717, 1.165) is 16.6 Å². The van der Waals surface area contributed by atoms with Gasteiger partial charge in [0.1, 0.15) is 5.71 Å². The molecule has 0 aliphatic carbocycles. The Balaban J connectivity index is 2.01. The Hall–Kier alpha value is -3.39. The number of aromatic amines is 1. The number of thiocarbonyl (C=S) groups is 1. The fourth-order valence-electron chi connectivity index (χ4n) is 2.57. The number of benzene rings is 2. The number of nitrogens with two attached hydrogens (primary N) is 1. The predicted molar refractivity (Wildman–Crippen MR) is 111 cm³/mol. The molecule has 0 saturated heterocycles. The molecular weight excluding hydrogens is 362 g/mol. The minimum atomic E-state index is 0.0657. The molecule has 1 heterocycles. The van der Waals surface area contributed by atoms with E-state index in [1.807, 2.05) is 48.5 Å². The molecule has 0 fully saturated rings. The highest BCUT2D eigenvalue weighted by Crippen LogP contribution is 2.31. The molecule has 3 aromatic rings. The lowest BCUT2D eigenvalue weighted by Gasteiger charge is -2.09. The molecule has 138 valence electrons. The Labute approximate surface area is 161 Å². The van der Waals surface area contributed by atoms with E-state index in [2.05, 4.69) is 20.5 Å². The van der Waals surface area contributed by atoms with E-state index in [0.29, 0.717) is 23.0 Å². The van der Waals surface area contributed by atoms with Gasteiger partial charge in [0.15, 0.2) is 22.4 Å². The van der Waals surface area contributed by atoms with Crippen molar-refractivity contribution in [2.75, 3.05) is 14.2 Å². The minimum absolute atomic E-state index is 0.0657. The van der Waals surface area contributed by atoms with Crippen molar-refractivity contribution in [1.82, 2.24) is 15.4 Å². The second-order valence-corrected chi connectivity index (χ2v) is 5.93. The number of allylic oxidation sites excluding steroid dienone is 1. The fourth-order valence-corrected chi connectivity index (χ4v) is 2.62. The molecule has 0 amide bonds. The van der Waals surface area contributed by atoms with E-state index in [4.69, 9.17) is 27.4 Å². The van der Waals surface area contributed by atoms with Crippen LogP contribution in [-0.4, -0.2) is 35.0 Å². The topological polar surface area (TPSA) is 97.5 Å². The van der Waals surface area contributed by atoms with Crippen molar-refractivity contribution in [2.45, 2.75) is 0 Å². The monoisotopic (exact) mass is 381 g/mol. The molecule has 0 aliphatic rings. The number of nitrogens with one attached hydrogen (secondary N) is 2. The van der Waals surface area contributed by atoms with Gasteiger partial charge in [-0.05, 0) is 42.6 Å². The van der Waals surface area contributed by atoms with Crippen molar-refractivity contribution < 1.29 is 9.47 Å². The van der Waals surface area contributed by atoms with E-state index in [1.165, 1.54) is 0 Å². The summed E-state index contributed by atoms with van der Waals surface area (Å²) in [5, 5.41) is 4.32. The van der Waals surface area contributed by atoms with Gasteiger partial charge in [-0.15, -0.1) is 0 Å². The Kier molecular flexibility index (Phi) is 5.68. The Morgan fingerprint density at radius 2 is 2.00 bits per heavy atom. The molecule has 3 rings (SSSR count). The summed E-state index contributed by atoms with van der Waals surface area (Å²) in [4.78, 5) is 7.80. The summed E-state index contributed by atoms with van der Waals surface area (Å²) in [7, 11) is 3.19. The number of hydrogen-bond acceptors (Lipinski definition) is 5. The second-order valence-electron chi connectivity index (χ2n) is 5.49. The van der Waals surface area contributed by atoms with Crippen LogP contribution in [0.2, 0.25) is 0 Å². The zero-order valence-corrected chi connectivity index (χ0v) is 15.7. The number of aromatic nitrogens is 2. The molecule has 27 heavy (non-hydrogen) atoms. The average molecular weight is 381 g/mol. The average Bonchev–Trinajstić information content (AvgIpc) is 3.11. The normalized spacial score (nSPS) is 11.7. The van der Waals surface area contributed by atoms with Gasteiger partial charge < -0.3 is 20.2 Å². The van der Waals surface area contributed by atoms with Gasteiger partial charge >= 0.3 is 0 Å². The molecule has 0 aliphatic heterocycles. The molecule has 4 N–H and O–H groups in total. The van der Waals surface area contributed by atoms with Gasteiger partial charge in [0, 0.05) is 5.56 Å². The zero-order valence-electron chi connectivity index (χ0n) is 14.9. The van der Waals surface area contributed by atoms with Crippen molar-refractivity contribution in [2.24, 2.45) is 10.8 Å². The number of nitrogens with zero attached hydrogens (tertiary/aromatic N) is 2. The first kappa shape index (κ1) is 18.4. The smallest absolute Gasteiger partial charge is 0.184 e. The highest BCUT2D eigenvalue weighted by Gasteiger charge is 2.10. The molecule has 0 saturated carbocycles. The first-order valence-electron chi connectivity index (χ1n) is 8.09. The minimum Gasteiger partial charge on any atom is -0.493 e. The highest BCUT2D eigenvalue weighted by molar-refractivity contribution is 7.80.